The highest BCUT2D eigenvalue weighted by Crippen LogP contribution is 2.49. The lowest BCUT2D eigenvalue weighted by Crippen LogP contribution is -2.41. The Kier molecular flexibility index (Phi) is 18.6. The van der Waals surface area contributed by atoms with Crippen molar-refractivity contribution in [3.05, 3.63) is 441 Å². The van der Waals surface area contributed by atoms with E-state index in [1.807, 2.05) is 36.4 Å². The van der Waals surface area contributed by atoms with Crippen molar-refractivity contribution in [3.63, 3.8) is 0 Å². The van der Waals surface area contributed by atoms with Crippen molar-refractivity contribution < 1.29 is 27.0 Å². The number of para-hydroxylation sites is 12. The van der Waals surface area contributed by atoms with Crippen molar-refractivity contribution in [1.82, 2.24) is 18.3 Å². The molecule has 1 saturated heterocycles. The molecule has 0 N–H and O–H groups in total. The van der Waals surface area contributed by atoms with E-state index in [-0.39, 0.29) is 0 Å². The molecule has 10 nitrogen and oxygen atoms in total. The standard InChI is InChI=1S/C60H36N2O2.C36H30BNO3.C30H18BrNO/c1-3-13-41(14-4-1)61-53-29-25-37(33-49(53)51-35-39(27-31-55(51)61)43-19-11-21-47-45-17-7-9-23-57(45)63-59(43)47)38-26-30-54-50(34-38)52-36-40(28-32-56(52)62(54)42-15-5-2-6-16-42)44-20-12-22-48-46-18-8-10-24-58(46)64-60(44)48;1-35(2)36(3,4)41-37(40-35)24-18-20-32-30(22-24)29-21-23(17-19-31(29)38(32)25-11-6-5-7-12-25)26-14-10-15-28-27-13-8-9-16-33(27)39-34(26)28;31-20-14-16-28-26(18-20)25-17-19(13-15-27(25)32(28)21-7-2-1-3-8-21)22-10-6-11-24-23-9-4-5-12-29(23)33-30(22)24/h1-36H;5-22H,1-4H3;1-18H. The Morgan fingerprint density at radius 3 is 0.710 bits per heavy atom. The molecule has 0 atom stereocenters. The van der Waals surface area contributed by atoms with Gasteiger partial charge in [0.15, 0.2) is 0 Å². The zero-order valence-electron chi connectivity index (χ0n) is 75.8. The van der Waals surface area contributed by atoms with Gasteiger partial charge in [-0.05, 0) is 236 Å². The van der Waals surface area contributed by atoms with Crippen molar-refractivity contribution in [3.8, 4) is 78.4 Å². The number of furan rings is 4. The molecule has 0 spiro atoms. The van der Waals surface area contributed by atoms with E-state index in [0.717, 1.165) is 215 Å². The number of nitrogens with zero attached hydrogens (tertiary/aromatic N) is 4. The molecule has 0 amide bonds. The van der Waals surface area contributed by atoms with Crippen molar-refractivity contribution in [1.29, 1.82) is 0 Å². The van der Waals surface area contributed by atoms with Crippen LogP contribution in [0.3, 0.4) is 0 Å². The molecular weight excluding hydrogens is 1760 g/mol. The normalized spacial score (nSPS) is 13.3. The number of hydrogen-bond acceptors (Lipinski definition) is 6. The van der Waals surface area contributed by atoms with E-state index in [9.17, 15) is 0 Å². The molecule has 0 unspecified atom stereocenters. The fraction of sp³-hybridized carbons (Fsp3) is 0.0476. The van der Waals surface area contributed by atoms with E-state index in [0.29, 0.717) is 0 Å². The first-order valence-electron chi connectivity index (χ1n) is 47.0. The summed E-state index contributed by atoms with van der Waals surface area (Å²) in [5.41, 5.74) is 32.6. The largest absolute Gasteiger partial charge is 0.494 e. The molecule has 1 fully saturated rings. The van der Waals surface area contributed by atoms with Crippen molar-refractivity contribution >= 4 is 203 Å². The Balaban J connectivity index is 0.000000112. The zero-order chi connectivity index (χ0) is 91.8. The van der Waals surface area contributed by atoms with Crippen LogP contribution in [0.4, 0.5) is 0 Å². The van der Waals surface area contributed by atoms with Gasteiger partial charge in [0, 0.05) is 136 Å². The van der Waals surface area contributed by atoms with Crippen LogP contribution in [-0.4, -0.2) is 36.6 Å². The number of benzene rings is 20. The second kappa shape index (κ2) is 31.7. The average Bonchev–Trinajstić information content (AvgIpc) is 1.57. The Morgan fingerprint density at radius 2 is 0.420 bits per heavy atom. The lowest BCUT2D eigenvalue weighted by molar-refractivity contribution is 0.00578. The van der Waals surface area contributed by atoms with Crippen LogP contribution in [0.25, 0.3) is 253 Å². The Labute approximate surface area is 801 Å². The molecule has 0 radical (unpaired) electrons. The van der Waals surface area contributed by atoms with Crippen molar-refractivity contribution in [2.75, 3.05) is 0 Å². The van der Waals surface area contributed by atoms with Crippen molar-refractivity contribution in [2.24, 2.45) is 0 Å². The topological polar surface area (TPSA) is 90.7 Å². The highest BCUT2D eigenvalue weighted by molar-refractivity contribution is 9.10. The molecule has 0 bridgehead atoms. The summed E-state index contributed by atoms with van der Waals surface area (Å²) in [6, 6.07) is 155. The summed E-state index contributed by atoms with van der Waals surface area (Å²) in [5.74, 6) is 0. The molecule has 138 heavy (non-hydrogen) atoms. The Morgan fingerprint density at radius 1 is 0.196 bits per heavy atom. The molecule has 8 aromatic heterocycles. The first-order valence-corrected chi connectivity index (χ1v) is 47.8. The van der Waals surface area contributed by atoms with E-state index in [1.165, 1.54) is 48.7 Å². The highest BCUT2D eigenvalue weighted by Gasteiger charge is 2.52. The predicted octanol–water partition coefficient (Wildman–Crippen LogP) is 34.4. The fourth-order valence-electron chi connectivity index (χ4n) is 21.6. The summed E-state index contributed by atoms with van der Waals surface area (Å²) in [7, 11) is -0.424. The van der Waals surface area contributed by atoms with E-state index in [4.69, 9.17) is 27.0 Å². The first kappa shape index (κ1) is 80.9. The van der Waals surface area contributed by atoms with E-state index < -0.39 is 18.3 Å². The second-order valence-corrected chi connectivity index (χ2v) is 38.1. The molecule has 654 valence electrons. The Hall–Kier alpha value is -16.7. The SMILES string of the molecule is Brc1ccc2c(c1)c1cc(-c3cccc4c3oc3ccccc34)ccc1n2-c1ccccc1.CC1(C)OB(c2ccc3c(c2)c2cc(-c4cccc5c4oc4ccccc45)ccc2n3-c2ccccc2)OC1(C)C.c1ccc(-n2c3ccc(-c4ccc5c(c4)c4cc(-c6cccc7c6oc6ccccc67)ccc4n5-c4ccccc4)cc3c3cc(-c4cccc5c4oc4ccccc45)ccc32)cc1. The van der Waals surface area contributed by atoms with Crippen LogP contribution >= 0.6 is 15.9 Å². The molecule has 0 aliphatic carbocycles. The number of halogens is 1. The number of aromatic nitrogens is 4. The lowest BCUT2D eigenvalue weighted by Gasteiger charge is -2.32. The van der Waals surface area contributed by atoms with Crippen LogP contribution in [0.2, 0.25) is 0 Å². The third-order valence-electron chi connectivity index (χ3n) is 28.8. The zero-order valence-corrected chi connectivity index (χ0v) is 77.3. The van der Waals surface area contributed by atoms with Gasteiger partial charge in [-0.15, -0.1) is 0 Å². The second-order valence-electron chi connectivity index (χ2n) is 37.2. The summed E-state index contributed by atoms with van der Waals surface area (Å²) < 4.78 is 49.2. The number of fused-ring (bicyclic) bond motifs is 24. The minimum absolute atomic E-state index is 0.400. The summed E-state index contributed by atoms with van der Waals surface area (Å²) in [6.07, 6.45) is 0. The molecule has 12 heteroatoms. The van der Waals surface area contributed by atoms with Crippen LogP contribution in [0.1, 0.15) is 27.7 Å². The maximum absolute atomic E-state index is 6.54. The summed E-state index contributed by atoms with van der Waals surface area (Å²) in [4.78, 5) is 0. The number of hydrogen-bond donors (Lipinski definition) is 0. The molecule has 1 aliphatic heterocycles. The Bertz CT molecular complexity index is 9550. The van der Waals surface area contributed by atoms with Gasteiger partial charge in [-0.1, -0.05) is 283 Å². The van der Waals surface area contributed by atoms with Gasteiger partial charge in [-0.25, -0.2) is 0 Å². The van der Waals surface area contributed by atoms with E-state index in [2.05, 4.69) is 462 Å². The molecule has 28 aromatic rings. The lowest BCUT2D eigenvalue weighted by atomic mass is 9.78. The van der Waals surface area contributed by atoms with Crippen LogP contribution in [0, 0.1) is 0 Å². The van der Waals surface area contributed by atoms with E-state index in [1.54, 1.807) is 0 Å². The van der Waals surface area contributed by atoms with Crippen LogP contribution in [0.5, 0.6) is 0 Å². The third kappa shape index (κ3) is 13.0. The van der Waals surface area contributed by atoms with Gasteiger partial charge < -0.3 is 45.2 Å². The molecule has 29 rings (SSSR count). The maximum atomic E-state index is 6.54. The average molecular weight is 1840 g/mol. The van der Waals surface area contributed by atoms with Gasteiger partial charge in [0.05, 0.1) is 55.3 Å². The van der Waals surface area contributed by atoms with Crippen LogP contribution < -0.4 is 5.46 Å². The molecule has 9 heterocycles. The van der Waals surface area contributed by atoms with Crippen LogP contribution in [0.15, 0.2) is 459 Å². The predicted molar refractivity (Wildman–Crippen MR) is 576 cm³/mol. The molecule has 1 aliphatic rings. The van der Waals surface area contributed by atoms with Gasteiger partial charge in [0.2, 0.25) is 0 Å². The van der Waals surface area contributed by atoms with E-state index >= 15 is 0 Å². The molecule has 0 saturated carbocycles. The monoisotopic (exact) mass is 1840 g/mol. The van der Waals surface area contributed by atoms with Crippen molar-refractivity contribution in [2.45, 2.75) is 38.9 Å². The van der Waals surface area contributed by atoms with Gasteiger partial charge in [0.25, 0.3) is 0 Å². The molecular formula is C126H84BBrN4O6. The number of rotatable bonds is 10. The summed E-state index contributed by atoms with van der Waals surface area (Å²) in [6.45, 7) is 8.38. The van der Waals surface area contributed by atoms with Gasteiger partial charge in [-0.2, -0.15) is 0 Å². The van der Waals surface area contributed by atoms with Gasteiger partial charge in [0.1, 0.15) is 44.7 Å². The fourth-order valence-corrected chi connectivity index (χ4v) is 21.9. The first-order chi connectivity index (χ1) is 67.8. The van der Waals surface area contributed by atoms with Gasteiger partial charge >= 0.3 is 7.12 Å². The summed E-state index contributed by atoms with van der Waals surface area (Å²) >= 11 is 3.67. The quantitative estimate of drug-likeness (QED) is 0.127. The smallest absolute Gasteiger partial charge is 0.455 e. The van der Waals surface area contributed by atoms with Crippen LogP contribution in [-0.2, 0) is 9.31 Å². The van der Waals surface area contributed by atoms with Gasteiger partial charge in [-0.3, -0.25) is 0 Å². The maximum Gasteiger partial charge on any atom is 0.494 e. The minimum Gasteiger partial charge on any atom is -0.455 e. The highest BCUT2D eigenvalue weighted by atomic mass is 79.9. The third-order valence-corrected chi connectivity index (χ3v) is 29.3. The molecule has 20 aromatic carbocycles. The summed E-state index contributed by atoms with van der Waals surface area (Å²) in [5, 5.41) is 18.7. The minimum atomic E-state index is -0.424.